The van der Waals surface area contributed by atoms with E-state index >= 15 is 0 Å². The molecule has 3 aromatic heterocycles. The summed E-state index contributed by atoms with van der Waals surface area (Å²) < 4.78 is 28.5. The molecule has 8 heteroatoms. The van der Waals surface area contributed by atoms with Crippen LogP contribution in [0, 0.1) is 0 Å². The molecule has 7 nitrogen and oxygen atoms in total. The number of rotatable bonds is 5. The Morgan fingerprint density at radius 3 is 2.74 bits per heavy atom. The second kappa shape index (κ2) is 6.27. The molecule has 0 bridgehead atoms. The minimum absolute atomic E-state index is 0.0951. The van der Waals surface area contributed by atoms with Gasteiger partial charge in [-0.3, -0.25) is 14.6 Å². The molecular weight excluding hydrogens is 314 g/mol. The molecule has 0 radical (unpaired) electrons. The summed E-state index contributed by atoms with van der Waals surface area (Å²) in [4.78, 5) is 8.21. The number of pyridine rings is 2. The smallest absolute Gasteiger partial charge is 0.242 e. The minimum atomic E-state index is -3.60. The van der Waals surface area contributed by atoms with Crippen molar-refractivity contribution < 1.29 is 8.42 Å². The lowest BCUT2D eigenvalue weighted by Gasteiger charge is -2.04. The maximum Gasteiger partial charge on any atom is 0.242 e. The highest BCUT2D eigenvalue weighted by atomic mass is 32.2. The van der Waals surface area contributed by atoms with Crippen LogP contribution in [0.25, 0.3) is 11.4 Å². The van der Waals surface area contributed by atoms with Gasteiger partial charge < -0.3 is 0 Å². The zero-order chi connectivity index (χ0) is 16.3. The monoisotopic (exact) mass is 329 g/mol. The quantitative estimate of drug-likeness (QED) is 0.763. The fraction of sp³-hybridized carbons (Fsp3) is 0.133. The highest BCUT2D eigenvalue weighted by Gasteiger charge is 2.15. The number of sulfonamides is 1. The van der Waals surface area contributed by atoms with E-state index in [1.165, 1.54) is 18.5 Å². The van der Waals surface area contributed by atoms with E-state index in [1.807, 2.05) is 24.3 Å². The van der Waals surface area contributed by atoms with Gasteiger partial charge in [0.15, 0.2) is 0 Å². The number of nitrogens with one attached hydrogen (secondary N) is 1. The van der Waals surface area contributed by atoms with E-state index in [0.29, 0.717) is 5.69 Å². The first kappa shape index (κ1) is 15.3. The highest BCUT2D eigenvalue weighted by Crippen LogP contribution is 2.17. The predicted molar refractivity (Wildman–Crippen MR) is 84.7 cm³/mol. The molecule has 23 heavy (non-hydrogen) atoms. The van der Waals surface area contributed by atoms with Gasteiger partial charge in [0.1, 0.15) is 4.90 Å². The number of nitrogens with zero attached hydrogens (tertiary/aromatic N) is 4. The average molecular weight is 329 g/mol. The van der Waals surface area contributed by atoms with Gasteiger partial charge >= 0.3 is 0 Å². The number of aryl methyl sites for hydroxylation is 1. The van der Waals surface area contributed by atoms with Crippen molar-refractivity contribution in [2.24, 2.45) is 7.05 Å². The lowest BCUT2D eigenvalue weighted by atomic mass is 10.2. The van der Waals surface area contributed by atoms with Crippen molar-refractivity contribution in [3.63, 3.8) is 0 Å². The van der Waals surface area contributed by atoms with Crippen molar-refractivity contribution in [3.05, 3.63) is 60.7 Å². The molecule has 0 amide bonds. The van der Waals surface area contributed by atoms with Crippen molar-refractivity contribution >= 4 is 10.0 Å². The van der Waals surface area contributed by atoms with Crippen LogP contribution in [0.3, 0.4) is 0 Å². The van der Waals surface area contributed by atoms with E-state index < -0.39 is 10.0 Å². The summed E-state index contributed by atoms with van der Waals surface area (Å²) in [6.45, 7) is 0.0951. The van der Waals surface area contributed by atoms with E-state index in [2.05, 4.69) is 19.8 Å². The molecule has 118 valence electrons. The zero-order valence-electron chi connectivity index (χ0n) is 12.4. The van der Waals surface area contributed by atoms with Gasteiger partial charge in [-0.15, -0.1) is 0 Å². The summed E-state index contributed by atoms with van der Waals surface area (Å²) in [5, 5.41) is 4.32. The Hall–Kier alpha value is -2.58. The normalized spacial score (nSPS) is 11.5. The van der Waals surface area contributed by atoms with E-state index in [-0.39, 0.29) is 11.4 Å². The lowest BCUT2D eigenvalue weighted by Crippen LogP contribution is -2.23. The summed E-state index contributed by atoms with van der Waals surface area (Å²) in [5.74, 6) is 0. The third kappa shape index (κ3) is 3.43. The first-order valence-electron chi connectivity index (χ1n) is 6.90. The topological polar surface area (TPSA) is 89.8 Å². The van der Waals surface area contributed by atoms with Gasteiger partial charge in [0.05, 0.1) is 23.6 Å². The first-order chi connectivity index (χ1) is 11.1. The fourth-order valence-corrected chi connectivity index (χ4v) is 3.09. The standard InChI is InChI=1S/C15H15N5O2S/c1-20-15(14-6-2-3-8-17-14)9-12(19-20)10-18-23(21,22)13-5-4-7-16-11-13/h2-9,11,18H,10H2,1H3. The largest absolute Gasteiger partial charge is 0.266 e. The molecule has 0 spiro atoms. The molecule has 0 aliphatic carbocycles. The van der Waals surface area contributed by atoms with Gasteiger partial charge in [-0.2, -0.15) is 5.10 Å². The molecule has 0 saturated carbocycles. The van der Waals surface area contributed by atoms with Crippen molar-refractivity contribution in [2.45, 2.75) is 11.4 Å². The predicted octanol–water partition coefficient (Wildman–Crippen LogP) is 1.36. The number of aromatic nitrogens is 4. The van der Waals surface area contributed by atoms with Crippen LogP contribution in [0.4, 0.5) is 0 Å². The molecule has 0 saturated heterocycles. The minimum Gasteiger partial charge on any atom is -0.266 e. The second-order valence-corrected chi connectivity index (χ2v) is 6.64. The van der Waals surface area contributed by atoms with E-state index in [4.69, 9.17) is 0 Å². The Morgan fingerprint density at radius 2 is 2.04 bits per heavy atom. The first-order valence-corrected chi connectivity index (χ1v) is 8.38. The van der Waals surface area contributed by atoms with Crippen molar-refractivity contribution in [2.75, 3.05) is 0 Å². The summed E-state index contributed by atoms with van der Waals surface area (Å²) in [7, 11) is -1.81. The Balaban J connectivity index is 1.77. The van der Waals surface area contributed by atoms with Crippen LogP contribution in [0.1, 0.15) is 5.69 Å². The second-order valence-electron chi connectivity index (χ2n) is 4.87. The maximum absolute atomic E-state index is 12.2. The Kier molecular flexibility index (Phi) is 4.18. The van der Waals surface area contributed by atoms with Crippen LogP contribution in [-0.4, -0.2) is 28.2 Å². The van der Waals surface area contributed by atoms with Gasteiger partial charge in [0.25, 0.3) is 0 Å². The van der Waals surface area contributed by atoms with E-state index in [1.54, 1.807) is 24.0 Å². The molecule has 0 aromatic carbocycles. The Labute approximate surface area is 134 Å². The van der Waals surface area contributed by atoms with Gasteiger partial charge in [-0.05, 0) is 30.3 Å². The highest BCUT2D eigenvalue weighted by molar-refractivity contribution is 7.89. The molecule has 1 N–H and O–H groups in total. The maximum atomic E-state index is 12.2. The molecule has 0 atom stereocenters. The summed E-state index contributed by atoms with van der Waals surface area (Å²) in [5.41, 5.74) is 2.21. The molecule has 0 unspecified atom stereocenters. The summed E-state index contributed by atoms with van der Waals surface area (Å²) in [6, 6.07) is 10.5. The van der Waals surface area contributed by atoms with Crippen LogP contribution >= 0.6 is 0 Å². The number of hydrogen-bond acceptors (Lipinski definition) is 5. The molecule has 0 aliphatic rings. The Bertz CT molecular complexity index is 892. The third-order valence-electron chi connectivity index (χ3n) is 3.25. The molecule has 3 aromatic rings. The van der Waals surface area contributed by atoms with Gasteiger partial charge in [-0.25, -0.2) is 13.1 Å². The molecular formula is C15H15N5O2S. The van der Waals surface area contributed by atoms with Crippen LogP contribution in [0.15, 0.2) is 59.9 Å². The summed E-state index contributed by atoms with van der Waals surface area (Å²) in [6.07, 6.45) is 4.53. The van der Waals surface area contributed by atoms with Gasteiger partial charge in [0.2, 0.25) is 10.0 Å². The summed E-state index contributed by atoms with van der Waals surface area (Å²) >= 11 is 0. The van der Waals surface area contributed by atoms with E-state index in [0.717, 1.165) is 11.4 Å². The van der Waals surface area contributed by atoms with Crippen LogP contribution < -0.4 is 4.72 Å². The van der Waals surface area contributed by atoms with Crippen LogP contribution in [-0.2, 0) is 23.6 Å². The van der Waals surface area contributed by atoms with Gasteiger partial charge in [0, 0.05) is 25.6 Å². The van der Waals surface area contributed by atoms with Gasteiger partial charge in [-0.1, -0.05) is 6.07 Å². The molecule has 3 heterocycles. The molecule has 0 fully saturated rings. The molecule has 0 aliphatic heterocycles. The van der Waals surface area contributed by atoms with Crippen molar-refractivity contribution in [1.82, 2.24) is 24.5 Å². The van der Waals surface area contributed by atoms with Crippen LogP contribution in [0.2, 0.25) is 0 Å². The van der Waals surface area contributed by atoms with Crippen LogP contribution in [0.5, 0.6) is 0 Å². The van der Waals surface area contributed by atoms with Crippen molar-refractivity contribution in [1.29, 1.82) is 0 Å². The lowest BCUT2D eigenvalue weighted by molar-refractivity contribution is 0.579. The fourth-order valence-electron chi connectivity index (χ4n) is 2.13. The zero-order valence-corrected chi connectivity index (χ0v) is 13.2. The van der Waals surface area contributed by atoms with Crippen molar-refractivity contribution in [3.8, 4) is 11.4 Å². The Morgan fingerprint density at radius 1 is 1.17 bits per heavy atom. The third-order valence-corrected chi connectivity index (χ3v) is 4.63. The van der Waals surface area contributed by atoms with E-state index in [9.17, 15) is 8.42 Å². The SMILES string of the molecule is Cn1nc(CNS(=O)(=O)c2cccnc2)cc1-c1ccccn1. The molecule has 3 rings (SSSR count). The average Bonchev–Trinajstić information content (AvgIpc) is 2.96. The number of hydrogen-bond donors (Lipinski definition) is 1.